The lowest BCUT2D eigenvalue weighted by Gasteiger charge is -2.29. The molecular weight excluding hydrogens is 264 g/mol. The second-order valence-electron chi connectivity index (χ2n) is 5.66. The number of rotatable bonds is 5. The Morgan fingerprint density at radius 2 is 2.15 bits per heavy atom. The smallest absolute Gasteiger partial charge is 0.320 e. The van der Waals surface area contributed by atoms with Gasteiger partial charge in [-0.15, -0.1) is 0 Å². The zero-order valence-corrected chi connectivity index (χ0v) is 11.9. The number of ether oxygens (including phenoxy) is 1. The van der Waals surface area contributed by atoms with Gasteiger partial charge >= 0.3 is 12.0 Å². The number of hydrogen-bond acceptors (Lipinski definition) is 4. The molecule has 2 aliphatic heterocycles. The maximum absolute atomic E-state index is 12.4. The Morgan fingerprint density at radius 1 is 1.45 bits per heavy atom. The molecule has 0 aromatic carbocycles. The van der Waals surface area contributed by atoms with E-state index in [1.807, 2.05) is 0 Å². The van der Waals surface area contributed by atoms with Crippen molar-refractivity contribution in [1.82, 2.24) is 9.80 Å². The van der Waals surface area contributed by atoms with Crippen LogP contribution in [-0.4, -0.2) is 77.5 Å². The van der Waals surface area contributed by atoms with Crippen LogP contribution in [0.3, 0.4) is 0 Å². The molecule has 4 atom stereocenters. The minimum absolute atomic E-state index is 0.0237. The molecule has 4 unspecified atom stereocenters. The van der Waals surface area contributed by atoms with E-state index in [0.29, 0.717) is 6.42 Å². The first kappa shape index (κ1) is 15.1. The Balaban J connectivity index is 1.98. The number of methoxy groups -OCH3 is 1. The average molecular weight is 286 g/mol. The van der Waals surface area contributed by atoms with Crippen molar-refractivity contribution in [3.05, 3.63) is 0 Å². The number of likely N-dealkylation sites (N-methyl/N-ethyl adjacent to an activating group) is 1. The lowest BCUT2D eigenvalue weighted by atomic mass is 9.89. The fraction of sp³-hybridized carbons (Fsp3) is 0.846. The minimum Gasteiger partial charge on any atom is -0.481 e. The Bertz CT molecular complexity index is 389. The van der Waals surface area contributed by atoms with Crippen molar-refractivity contribution in [2.45, 2.75) is 37.5 Å². The van der Waals surface area contributed by atoms with E-state index in [-0.39, 0.29) is 31.3 Å². The number of carbonyl (C=O) groups is 2. The molecule has 2 heterocycles. The van der Waals surface area contributed by atoms with Gasteiger partial charge in [-0.2, -0.15) is 0 Å². The van der Waals surface area contributed by atoms with Crippen LogP contribution in [0.4, 0.5) is 4.79 Å². The van der Waals surface area contributed by atoms with Gasteiger partial charge in [0, 0.05) is 26.2 Å². The van der Waals surface area contributed by atoms with E-state index < -0.39 is 18.0 Å². The number of aliphatic hydroxyl groups excluding tert-OH is 1. The van der Waals surface area contributed by atoms with Crippen molar-refractivity contribution >= 4 is 12.0 Å². The molecule has 0 aromatic heterocycles. The molecule has 2 N–H and O–H groups in total. The summed E-state index contributed by atoms with van der Waals surface area (Å²) in [6.07, 6.45) is 1.43. The molecule has 2 bridgehead atoms. The Morgan fingerprint density at radius 3 is 2.70 bits per heavy atom. The van der Waals surface area contributed by atoms with E-state index in [1.165, 1.54) is 12.0 Å². The first-order chi connectivity index (χ1) is 9.45. The highest BCUT2D eigenvalue weighted by Crippen LogP contribution is 2.42. The highest BCUT2D eigenvalue weighted by Gasteiger charge is 2.51. The summed E-state index contributed by atoms with van der Waals surface area (Å²) in [6.45, 7) is 0.350. The van der Waals surface area contributed by atoms with Crippen LogP contribution in [0, 0.1) is 5.92 Å². The maximum atomic E-state index is 12.4. The largest absolute Gasteiger partial charge is 0.481 e. The van der Waals surface area contributed by atoms with Gasteiger partial charge in [-0.3, -0.25) is 4.79 Å². The van der Waals surface area contributed by atoms with E-state index >= 15 is 0 Å². The quantitative estimate of drug-likeness (QED) is 0.741. The van der Waals surface area contributed by atoms with Crippen molar-refractivity contribution in [1.29, 1.82) is 0 Å². The number of fused-ring (bicyclic) bond motifs is 2. The minimum atomic E-state index is -0.822. The molecule has 114 valence electrons. The number of carboxylic acid groups (broad SMARTS) is 1. The number of carbonyl (C=O) groups excluding carboxylic acids is 1. The molecule has 0 saturated carbocycles. The van der Waals surface area contributed by atoms with E-state index in [4.69, 9.17) is 4.74 Å². The van der Waals surface area contributed by atoms with Crippen LogP contribution in [0.1, 0.15) is 19.3 Å². The number of aliphatic carboxylic acids is 1. The van der Waals surface area contributed by atoms with E-state index in [9.17, 15) is 19.8 Å². The fourth-order valence-corrected chi connectivity index (χ4v) is 3.39. The monoisotopic (exact) mass is 286 g/mol. The molecule has 7 heteroatoms. The summed E-state index contributed by atoms with van der Waals surface area (Å²) in [5.74, 6) is -1.27. The molecular formula is C13H22N2O5. The highest BCUT2D eigenvalue weighted by atomic mass is 16.5. The number of hydrogen-bond donors (Lipinski definition) is 2. The van der Waals surface area contributed by atoms with Crippen LogP contribution < -0.4 is 0 Å². The first-order valence-corrected chi connectivity index (χ1v) is 6.89. The highest BCUT2D eigenvalue weighted by molar-refractivity contribution is 5.79. The van der Waals surface area contributed by atoms with Gasteiger partial charge in [0.2, 0.25) is 0 Å². The molecule has 2 saturated heterocycles. The summed E-state index contributed by atoms with van der Waals surface area (Å²) in [5, 5.41) is 18.8. The third-order valence-electron chi connectivity index (χ3n) is 4.25. The van der Waals surface area contributed by atoms with Gasteiger partial charge in [-0.1, -0.05) is 0 Å². The summed E-state index contributed by atoms with van der Waals surface area (Å²) < 4.78 is 4.83. The van der Waals surface area contributed by atoms with E-state index in [0.717, 1.165) is 12.8 Å². The number of carboxylic acids is 1. The van der Waals surface area contributed by atoms with Crippen molar-refractivity contribution < 1.29 is 24.5 Å². The fourth-order valence-electron chi connectivity index (χ4n) is 3.39. The van der Waals surface area contributed by atoms with Gasteiger partial charge in [0.1, 0.15) is 0 Å². The third kappa shape index (κ3) is 2.73. The van der Waals surface area contributed by atoms with Crippen LogP contribution in [0.2, 0.25) is 0 Å². The molecule has 2 fully saturated rings. The van der Waals surface area contributed by atoms with Crippen molar-refractivity contribution in [3.63, 3.8) is 0 Å². The van der Waals surface area contributed by atoms with Gasteiger partial charge in [0.15, 0.2) is 0 Å². The number of nitrogens with zero attached hydrogens (tertiary/aromatic N) is 2. The lowest BCUT2D eigenvalue weighted by molar-refractivity contribution is -0.142. The molecule has 0 aliphatic carbocycles. The van der Waals surface area contributed by atoms with E-state index in [1.54, 1.807) is 11.9 Å². The van der Waals surface area contributed by atoms with Gasteiger partial charge in [0.25, 0.3) is 0 Å². The molecule has 0 spiro atoms. The number of amides is 2. The van der Waals surface area contributed by atoms with Crippen molar-refractivity contribution in [3.8, 4) is 0 Å². The topological polar surface area (TPSA) is 90.3 Å². The standard InChI is InChI=1S/C13H22N2O5/c1-14(6-9(16)7-20-2)13(19)15-8-3-4-11(15)10(5-8)12(17)18/h8-11,16H,3-7H2,1-2H3,(H,17,18). The summed E-state index contributed by atoms with van der Waals surface area (Å²) in [5.41, 5.74) is 0. The number of urea groups is 1. The summed E-state index contributed by atoms with van der Waals surface area (Å²) in [7, 11) is 3.11. The Hall–Kier alpha value is -1.34. The molecule has 0 radical (unpaired) electrons. The molecule has 7 nitrogen and oxygen atoms in total. The van der Waals surface area contributed by atoms with Crippen LogP contribution in [0.5, 0.6) is 0 Å². The molecule has 2 amide bonds. The molecule has 20 heavy (non-hydrogen) atoms. The third-order valence-corrected chi connectivity index (χ3v) is 4.25. The maximum Gasteiger partial charge on any atom is 0.320 e. The van der Waals surface area contributed by atoms with Crippen LogP contribution in [-0.2, 0) is 9.53 Å². The predicted molar refractivity (Wildman–Crippen MR) is 70.3 cm³/mol. The van der Waals surface area contributed by atoms with Gasteiger partial charge < -0.3 is 24.7 Å². The van der Waals surface area contributed by atoms with Crippen LogP contribution >= 0.6 is 0 Å². The first-order valence-electron chi connectivity index (χ1n) is 6.89. The Labute approximate surface area is 118 Å². The summed E-state index contributed by atoms with van der Waals surface area (Å²) in [4.78, 5) is 26.7. The molecule has 0 aromatic rings. The van der Waals surface area contributed by atoms with Gasteiger partial charge in [0.05, 0.1) is 25.2 Å². The predicted octanol–water partition coefficient (Wildman–Crippen LogP) is -0.0170. The van der Waals surface area contributed by atoms with Crippen LogP contribution in [0.25, 0.3) is 0 Å². The van der Waals surface area contributed by atoms with Crippen LogP contribution in [0.15, 0.2) is 0 Å². The van der Waals surface area contributed by atoms with E-state index in [2.05, 4.69) is 0 Å². The second-order valence-corrected chi connectivity index (χ2v) is 5.66. The summed E-state index contributed by atoms with van der Waals surface area (Å²) in [6, 6.07) is -0.376. The lowest BCUT2D eigenvalue weighted by Crippen LogP contribution is -2.47. The van der Waals surface area contributed by atoms with Gasteiger partial charge in [-0.25, -0.2) is 4.79 Å². The zero-order valence-electron chi connectivity index (χ0n) is 11.9. The summed E-state index contributed by atoms with van der Waals surface area (Å²) >= 11 is 0. The van der Waals surface area contributed by atoms with Crippen molar-refractivity contribution in [2.24, 2.45) is 5.92 Å². The number of aliphatic hydroxyl groups is 1. The Kier molecular flexibility index (Phi) is 4.49. The molecule has 2 rings (SSSR count). The average Bonchev–Trinajstić information content (AvgIpc) is 2.95. The molecule has 2 aliphatic rings. The normalized spacial score (nSPS) is 29.6. The van der Waals surface area contributed by atoms with Gasteiger partial charge in [-0.05, 0) is 19.3 Å². The second kappa shape index (κ2) is 5.97. The van der Waals surface area contributed by atoms with Crippen molar-refractivity contribution in [2.75, 3.05) is 27.3 Å². The zero-order chi connectivity index (χ0) is 14.9. The SMILES string of the molecule is COCC(O)CN(C)C(=O)N1C2CCC1C(C(=O)O)C2.